The van der Waals surface area contributed by atoms with Crippen molar-refractivity contribution in [2.45, 2.75) is 453 Å². The van der Waals surface area contributed by atoms with E-state index in [1.54, 1.807) is 0 Å². The highest BCUT2D eigenvalue weighted by Crippen LogP contribution is 2.45. The highest BCUT2D eigenvalue weighted by Gasteiger charge is 2.30. The Morgan fingerprint density at radius 1 is 0.272 bits per heavy atom. The number of phosphoric acid groups is 2. The Hall–Kier alpha value is -1.94. The second kappa shape index (κ2) is 72.9. The molecule has 0 rings (SSSR count). The number of hydrogen-bond donors (Lipinski definition) is 3. The van der Waals surface area contributed by atoms with Crippen molar-refractivity contribution in [2.24, 2.45) is 23.7 Å². The molecule has 0 aliphatic rings. The predicted octanol–water partition coefficient (Wildman–Crippen LogP) is 25.2. The quantitative estimate of drug-likeness (QED) is 0.0222. The molecule has 0 aromatic rings. The van der Waals surface area contributed by atoms with Crippen molar-refractivity contribution in [3.63, 3.8) is 0 Å². The number of carbonyl (C=O) groups excluding carboxylic acids is 4. The largest absolute Gasteiger partial charge is 0.472 e. The van der Waals surface area contributed by atoms with Crippen LogP contribution in [0.15, 0.2) is 0 Å². The van der Waals surface area contributed by atoms with Crippen LogP contribution in [0.25, 0.3) is 0 Å². The lowest BCUT2D eigenvalue weighted by Crippen LogP contribution is -2.30. The van der Waals surface area contributed by atoms with Crippen molar-refractivity contribution in [3.05, 3.63) is 0 Å². The minimum Gasteiger partial charge on any atom is -0.462 e. The lowest BCUT2D eigenvalue weighted by molar-refractivity contribution is -0.161. The Labute approximate surface area is 632 Å². The maximum atomic E-state index is 13.1. The topological polar surface area (TPSA) is 237 Å². The van der Waals surface area contributed by atoms with E-state index >= 15 is 0 Å². The van der Waals surface area contributed by atoms with Crippen LogP contribution in [0.5, 0.6) is 0 Å². The van der Waals surface area contributed by atoms with Crippen LogP contribution in [0.3, 0.4) is 0 Å². The van der Waals surface area contributed by atoms with Crippen LogP contribution < -0.4 is 0 Å². The van der Waals surface area contributed by atoms with Crippen molar-refractivity contribution in [1.82, 2.24) is 0 Å². The van der Waals surface area contributed by atoms with Gasteiger partial charge < -0.3 is 33.8 Å². The van der Waals surface area contributed by atoms with E-state index in [4.69, 9.17) is 37.0 Å². The van der Waals surface area contributed by atoms with Gasteiger partial charge in [-0.05, 0) is 49.4 Å². The van der Waals surface area contributed by atoms with Gasteiger partial charge in [0.1, 0.15) is 19.3 Å². The van der Waals surface area contributed by atoms with Crippen molar-refractivity contribution < 1.29 is 80.2 Å². The van der Waals surface area contributed by atoms with E-state index in [0.717, 1.165) is 114 Å². The minimum absolute atomic E-state index is 0.106. The Morgan fingerprint density at radius 2 is 0.466 bits per heavy atom. The van der Waals surface area contributed by atoms with E-state index in [2.05, 4.69) is 55.4 Å². The molecule has 103 heavy (non-hydrogen) atoms. The summed E-state index contributed by atoms with van der Waals surface area (Å²) in [5, 5.41) is 10.7. The Bertz CT molecular complexity index is 2010. The van der Waals surface area contributed by atoms with E-state index in [-0.39, 0.29) is 25.7 Å². The summed E-state index contributed by atoms with van der Waals surface area (Å²) in [4.78, 5) is 73.1. The summed E-state index contributed by atoms with van der Waals surface area (Å²) < 4.78 is 68.8. The molecule has 0 heterocycles. The molecule has 0 spiro atoms. The highest BCUT2D eigenvalue weighted by atomic mass is 31.2. The number of hydrogen-bond acceptors (Lipinski definition) is 15. The van der Waals surface area contributed by atoms with Gasteiger partial charge in [0.05, 0.1) is 26.4 Å². The van der Waals surface area contributed by atoms with Gasteiger partial charge in [0.15, 0.2) is 12.2 Å². The summed E-state index contributed by atoms with van der Waals surface area (Å²) in [5.74, 6) is 1.03. The molecule has 4 unspecified atom stereocenters. The van der Waals surface area contributed by atoms with Gasteiger partial charge in [-0.15, -0.1) is 0 Å². The molecule has 0 amide bonds. The normalized spacial score (nSPS) is 14.2. The summed E-state index contributed by atoms with van der Waals surface area (Å²) in [7, 11) is -9.93. The van der Waals surface area contributed by atoms with Gasteiger partial charge in [0.2, 0.25) is 0 Å². The third-order valence-corrected chi connectivity index (χ3v) is 21.8. The zero-order chi connectivity index (χ0) is 76.0. The minimum atomic E-state index is -4.96. The third kappa shape index (κ3) is 76.6. The summed E-state index contributed by atoms with van der Waals surface area (Å²) in [5.41, 5.74) is 0. The number of aliphatic hydroxyl groups is 1. The van der Waals surface area contributed by atoms with Crippen molar-refractivity contribution in [1.29, 1.82) is 0 Å². The van der Waals surface area contributed by atoms with Crippen LogP contribution in [0.1, 0.15) is 434 Å². The second-order valence-corrected chi connectivity index (χ2v) is 34.8. The Balaban J connectivity index is 5.19. The zero-order valence-electron chi connectivity index (χ0n) is 68.0. The first-order valence-electron chi connectivity index (χ1n) is 43.2. The average Bonchev–Trinajstić information content (AvgIpc) is 0.928. The zero-order valence-corrected chi connectivity index (χ0v) is 69.7. The lowest BCUT2D eigenvalue weighted by atomic mass is 9.99. The molecule has 0 aromatic heterocycles. The number of ether oxygens (including phenoxy) is 4. The van der Waals surface area contributed by atoms with E-state index in [0.29, 0.717) is 31.6 Å². The highest BCUT2D eigenvalue weighted by molar-refractivity contribution is 7.47. The molecule has 3 N–H and O–H groups in total. The molecular formula is C84H164O17P2. The maximum Gasteiger partial charge on any atom is 0.472 e. The number of esters is 4. The van der Waals surface area contributed by atoms with Gasteiger partial charge in [-0.3, -0.25) is 37.3 Å². The van der Waals surface area contributed by atoms with Crippen LogP contribution in [-0.2, 0) is 65.4 Å². The molecular weight excluding hydrogens is 1340 g/mol. The summed E-state index contributed by atoms with van der Waals surface area (Å²) >= 11 is 0. The average molecular weight is 1510 g/mol. The number of phosphoric ester groups is 2. The molecule has 0 saturated heterocycles. The number of rotatable bonds is 81. The first-order chi connectivity index (χ1) is 49.6. The summed E-state index contributed by atoms with van der Waals surface area (Å²) in [6.45, 7) is 14.3. The molecule has 0 aromatic carbocycles. The fourth-order valence-corrected chi connectivity index (χ4v) is 14.5. The monoisotopic (exact) mass is 1510 g/mol. The Morgan fingerprint density at radius 3 is 0.689 bits per heavy atom. The molecule has 0 radical (unpaired) electrons. The van der Waals surface area contributed by atoms with Gasteiger partial charge in [0, 0.05) is 25.7 Å². The van der Waals surface area contributed by atoms with Gasteiger partial charge in [-0.2, -0.15) is 0 Å². The number of carbonyl (C=O) groups is 4. The fourth-order valence-electron chi connectivity index (χ4n) is 12.9. The molecule has 6 atom stereocenters. The maximum absolute atomic E-state index is 13.1. The Kier molecular flexibility index (Phi) is 71.5. The number of unbranched alkanes of at least 4 members (excludes halogenated alkanes) is 46. The standard InChI is InChI=1S/C84H164O17P2/c1-9-77(8)63-55-47-39-31-25-19-14-12-10-11-13-15-21-27-33-41-50-58-66-83(88)101-80(71-95-82(87)65-57-49-43-35-38-46-54-62-76(6)7)73-99-103(92,93)97-69-78(85)68-96-102(90,91)98-72-79(100-84(89)67-59-51-42-34-28-22-24-30-37-45-53-61-75(4)5)70-94-81(86)64-56-48-40-32-26-20-17-16-18-23-29-36-44-52-60-74(2)3/h74-80,85H,9-73H2,1-8H3,(H,90,91)(H,92,93)/t77?,78?,79-,80-/m1/s1. The SMILES string of the molecule is CCC(C)CCCCCCCCCCCCCCCCCCCCC(=O)O[C@H](COC(=O)CCCCCCCCCC(C)C)COP(=O)(O)OCC(O)COP(=O)(O)OC[C@@H](COC(=O)CCCCCCCCCCCCCCCCC(C)C)OC(=O)CCCCCCCCCCCCCC(C)C. The third-order valence-electron chi connectivity index (χ3n) is 19.9. The van der Waals surface area contributed by atoms with Gasteiger partial charge in [-0.25, -0.2) is 9.13 Å². The van der Waals surface area contributed by atoms with Crippen LogP contribution >= 0.6 is 15.6 Å². The molecule has 0 aliphatic carbocycles. The van der Waals surface area contributed by atoms with E-state index in [1.165, 1.54) is 231 Å². The van der Waals surface area contributed by atoms with Crippen molar-refractivity contribution in [3.8, 4) is 0 Å². The lowest BCUT2D eigenvalue weighted by Gasteiger charge is -2.21. The van der Waals surface area contributed by atoms with E-state index in [1.807, 2.05) is 0 Å². The molecule has 19 heteroatoms. The molecule has 612 valence electrons. The first kappa shape index (κ1) is 101. The van der Waals surface area contributed by atoms with Crippen LogP contribution in [0, 0.1) is 23.7 Å². The summed E-state index contributed by atoms with van der Waals surface area (Å²) in [6.07, 6.45) is 61.2. The van der Waals surface area contributed by atoms with Crippen LogP contribution in [-0.4, -0.2) is 96.7 Å². The molecule has 17 nitrogen and oxygen atoms in total. The molecule has 0 aliphatic heterocycles. The van der Waals surface area contributed by atoms with Gasteiger partial charge in [-0.1, -0.05) is 383 Å². The van der Waals surface area contributed by atoms with Crippen LogP contribution in [0.2, 0.25) is 0 Å². The molecule has 0 saturated carbocycles. The smallest absolute Gasteiger partial charge is 0.462 e. The number of aliphatic hydroxyl groups excluding tert-OH is 1. The van der Waals surface area contributed by atoms with Crippen molar-refractivity contribution >= 4 is 39.5 Å². The van der Waals surface area contributed by atoms with Crippen LogP contribution in [0.4, 0.5) is 0 Å². The molecule has 0 fully saturated rings. The van der Waals surface area contributed by atoms with Gasteiger partial charge in [0.25, 0.3) is 0 Å². The molecule has 0 bridgehead atoms. The fraction of sp³-hybridized carbons (Fsp3) is 0.952. The van der Waals surface area contributed by atoms with E-state index < -0.39 is 97.5 Å². The first-order valence-corrected chi connectivity index (χ1v) is 46.2. The van der Waals surface area contributed by atoms with Crippen molar-refractivity contribution in [2.75, 3.05) is 39.6 Å². The summed E-state index contributed by atoms with van der Waals surface area (Å²) in [6, 6.07) is 0. The van der Waals surface area contributed by atoms with E-state index in [9.17, 15) is 43.2 Å². The second-order valence-electron chi connectivity index (χ2n) is 31.9. The van der Waals surface area contributed by atoms with Gasteiger partial charge >= 0.3 is 39.5 Å². The predicted molar refractivity (Wildman–Crippen MR) is 423 cm³/mol.